The molecular weight excluding hydrogens is 349 g/mol. The zero-order chi connectivity index (χ0) is 18.1. The topological polar surface area (TPSA) is 78.5 Å². The van der Waals surface area contributed by atoms with Gasteiger partial charge in [0.15, 0.2) is 0 Å². The van der Waals surface area contributed by atoms with Crippen molar-refractivity contribution in [3.8, 4) is 0 Å². The normalized spacial score (nSPS) is 22.9. The maximum absolute atomic E-state index is 13.7. The minimum Gasteiger partial charge on any atom is -0.342 e. The van der Waals surface area contributed by atoms with Gasteiger partial charge in [-0.3, -0.25) is 14.9 Å². The van der Waals surface area contributed by atoms with E-state index in [0.717, 1.165) is 11.1 Å². The molecule has 2 atom stereocenters. The van der Waals surface area contributed by atoms with Gasteiger partial charge in [-0.1, -0.05) is 18.5 Å². The predicted octanol–water partition coefficient (Wildman–Crippen LogP) is 1.96. The van der Waals surface area contributed by atoms with Crippen molar-refractivity contribution in [3.63, 3.8) is 0 Å². The van der Waals surface area contributed by atoms with Crippen LogP contribution in [0.4, 0.5) is 9.18 Å². The number of fused-ring (bicyclic) bond motifs is 1. The number of carbonyl (C=O) groups excluding carboxylic acids is 3. The van der Waals surface area contributed by atoms with Gasteiger partial charge in [0.1, 0.15) is 11.9 Å². The molecule has 0 bridgehead atoms. The molecule has 0 aromatic heterocycles. The lowest BCUT2D eigenvalue weighted by molar-refractivity contribution is -0.131. The molecule has 2 N–H and O–H groups in total. The quantitative estimate of drug-likeness (QED) is 0.801. The number of nitrogens with zero attached hydrogens (tertiary/aromatic N) is 1. The Hall–Kier alpha value is -2.15. The largest absolute Gasteiger partial charge is 0.342 e. The zero-order valence-electron chi connectivity index (χ0n) is 13.8. The molecule has 2 aliphatic rings. The molecule has 0 spiro atoms. The lowest BCUT2D eigenvalue weighted by atomic mass is 9.95. The number of imide groups is 1. The van der Waals surface area contributed by atoms with Crippen molar-refractivity contribution in [2.24, 2.45) is 0 Å². The van der Waals surface area contributed by atoms with Crippen LogP contribution >= 0.6 is 11.6 Å². The van der Waals surface area contributed by atoms with E-state index in [2.05, 4.69) is 10.6 Å². The van der Waals surface area contributed by atoms with Crippen molar-refractivity contribution in [1.29, 1.82) is 0 Å². The Labute approximate surface area is 149 Å². The molecule has 0 radical (unpaired) electrons. The van der Waals surface area contributed by atoms with Crippen LogP contribution in [-0.2, 0) is 16.0 Å². The second-order valence-electron chi connectivity index (χ2n) is 6.51. The molecule has 0 saturated carbocycles. The van der Waals surface area contributed by atoms with E-state index in [1.54, 1.807) is 11.0 Å². The fraction of sp³-hybridized carbons (Fsp3) is 0.471. The van der Waals surface area contributed by atoms with Crippen LogP contribution < -0.4 is 10.6 Å². The fourth-order valence-electron chi connectivity index (χ4n) is 3.37. The highest BCUT2D eigenvalue weighted by Crippen LogP contribution is 2.30. The number of hydrogen-bond donors (Lipinski definition) is 2. The van der Waals surface area contributed by atoms with E-state index < -0.39 is 23.8 Å². The van der Waals surface area contributed by atoms with Crippen molar-refractivity contribution in [1.82, 2.24) is 15.5 Å². The number of amides is 4. The summed E-state index contributed by atoms with van der Waals surface area (Å²) in [6.45, 7) is 2.97. The minimum absolute atomic E-state index is 0.0361. The summed E-state index contributed by atoms with van der Waals surface area (Å²) < 4.78 is 13.7. The van der Waals surface area contributed by atoms with Crippen LogP contribution in [0.2, 0.25) is 5.02 Å². The second-order valence-corrected chi connectivity index (χ2v) is 6.92. The van der Waals surface area contributed by atoms with Gasteiger partial charge < -0.3 is 10.2 Å². The Morgan fingerprint density at radius 2 is 2.16 bits per heavy atom. The highest BCUT2D eigenvalue weighted by atomic mass is 35.5. The van der Waals surface area contributed by atoms with E-state index in [4.69, 9.17) is 11.6 Å². The van der Waals surface area contributed by atoms with Crippen molar-refractivity contribution < 1.29 is 18.8 Å². The molecule has 2 heterocycles. The summed E-state index contributed by atoms with van der Waals surface area (Å²) in [6.07, 6.45) is 0.978. The van der Waals surface area contributed by atoms with E-state index in [9.17, 15) is 18.8 Å². The second kappa shape index (κ2) is 7.00. The van der Waals surface area contributed by atoms with Gasteiger partial charge in [0.05, 0.1) is 5.02 Å². The molecule has 0 aliphatic carbocycles. The van der Waals surface area contributed by atoms with Gasteiger partial charge >= 0.3 is 6.03 Å². The number of carbonyl (C=O) groups is 3. The maximum Gasteiger partial charge on any atom is 0.322 e. The summed E-state index contributed by atoms with van der Waals surface area (Å²) in [4.78, 5) is 36.9. The molecular formula is C17H19ClFN3O3. The molecule has 134 valence electrons. The van der Waals surface area contributed by atoms with Crippen LogP contribution in [0, 0.1) is 5.82 Å². The van der Waals surface area contributed by atoms with E-state index in [0.29, 0.717) is 19.5 Å². The average molecular weight is 368 g/mol. The van der Waals surface area contributed by atoms with Crippen LogP contribution in [0.5, 0.6) is 0 Å². The van der Waals surface area contributed by atoms with Crippen LogP contribution in [0.25, 0.3) is 0 Å². The van der Waals surface area contributed by atoms with E-state index >= 15 is 0 Å². The lowest BCUT2D eigenvalue weighted by Gasteiger charge is -2.23. The van der Waals surface area contributed by atoms with Gasteiger partial charge in [-0.05, 0) is 42.0 Å². The predicted molar refractivity (Wildman–Crippen MR) is 89.8 cm³/mol. The summed E-state index contributed by atoms with van der Waals surface area (Å²) in [5.74, 6) is -0.899. The van der Waals surface area contributed by atoms with Gasteiger partial charge in [-0.25, -0.2) is 9.18 Å². The first-order valence-corrected chi connectivity index (χ1v) is 8.60. The van der Waals surface area contributed by atoms with E-state index in [1.807, 2.05) is 6.92 Å². The molecule has 2 aliphatic heterocycles. The number of urea groups is 1. The van der Waals surface area contributed by atoms with Crippen LogP contribution in [0.15, 0.2) is 12.1 Å². The van der Waals surface area contributed by atoms with Crippen molar-refractivity contribution in [2.75, 3.05) is 13.1 Å². The highest BCUT2D eigenvalue weighted by Gasteiger charge is 2.31. The van der Waals surface area contributed by atoms with Gasteiger partial charge in [0.2, 0.25) is 5.91 Å². The van der Waals surface area contributed by atoms with Crippen molar-refractivity contribution >= 4 is 29.4 Å². The maximum atomic E-state index is 13.7. The number of benzene rings is 1. The Balaban J connectivity index is 1.63. The monoisotopic (exact) mass is 367 g/mol. The minimum atomic E-state index is -0.661. The molecule has 2 unspecified atom stereocenters. The van der Waals surface area contributed by atoms with Crippen LogP contribution in [0.3, 0.4) is 0 Å². The highest BCUT2D eigenvalue weighted by molar-refractivity contribution is 6.30. The molecule has 6 nitrogen and oxygen atoms in total. The Morgan fingerprint density at radius 1 is 1.40 bits per heavy atom. The van der Waals surface area contributed by atoms with Crippen LogP contribution in [-0.4, -0.2) is 41.9 Å². The Bertz CT molecular complexity index is 740. The number of hydrogen-bond acceptors (Lipinski definition) is 3. The fourth-order valence-corrected chi connectivity index (χ4v) is 3.54. The van der Waals surface area contributed by atoms with E-state index in [1.165, 1.54) is 6.07 Å². The first-order chi connectivity index (χ1) is 11.8. The molecule has 8 heteroatoms. The lowest BCUT2D eigenvalue weighted by Crippen LogP contribution is -2.36. The van der Waals surface area contributed by atoms with Gasteiger partial charge in [-0.15, -0.1) is 0 Å². The molecule has 25 heavy (non-hydrogen) atoms. The number of halogens is 2. The number of nitrogens with one attached hydrogen (secondary N) is 2. The molecule has 4 amide bonds. The Kier molecular flexibility index (Phi) is 4.94. The van der Waals surface area contributed by atoms with Crippen molar-refractivity contribution in [3.05, 3.63) is 34.1 Å². The standard InChI is InChI=1S/C17H19ClFN3O3/c1-9-8-22(5-4-10-6-13(19)12(18)7-11(9)10)15(23)3-2-14-16(24)21-17(25)20-14/h6-7,9,14H,2-5,8H2,1H3,(H2,20,21,24,25). The molecule has 1 fully saturated rings. The average Bonchev–Trinajstić information content (AvgIpc) is 2.79. The third kappa shape index (κ3) is 3.76. The summed E-state index contributed by atoms with van der Waals surface area (Å²) in [5, 5.41) is 4.72. The third-order valence-corrected chi connectivity index (χ3v) is 5.01. The first-order valence-electron chi connectivity index (χ1n) is 8.22. The number of rotatable bonds is 3. The molecule has 3 rings (SSSR count). The third-order valence-electron chi connectivity index (χ3n) is 4.72. The summed E-state index contributed by atoms with van der Waals surface area (Å²) in [6, 6.07) is 1.90. The van der Waals surface area contributed by atoms with Crippen molar-refractivity contribution in [2.45, 2.75) is 38.1 Å². The van der Waals surface area contributed by atoms with Gasteiger partial charge in [0, 0.05) is 19.5 Å². The van der Waals surface area contributed by atoms with Gasteiger partial charge in [-0.2, -0.15) is 0 Å². The SMILES string of the molecule is CC1CN(C(=O)CCC2NC(=O)NC2=O)CCc2cc(F)c(Cl)cc21. The van der Waals surface area contributed by atoms with E-state index in [-0.39, 0.29) is 29.7 Å². The summed E-state index contributed by atoms with van der Waals surface area (Å²) in [7, 11) is 0. The molecule has 1 aromatic rings. The summed E-state index contributed by atoms with van der Waals surface area (Å²) >= 11 is 5.88. The Morgan fingerprint density at radius 3 is 2.84 bits per heavy atom. The zero-order valence-corrected chi connectivity index (χ0v) is 14.5. The molecule has 1 saturated heterocycles. The summed E-state index contributed by atoms with van der Waals surface area (Å²) in [5.41, 5.74) is 1.83. The van der Waals surface area contributed by atoms with Crippen LogP contribution in [0.1, 0.15) is 36.8 Å². The van der Waals surface area contributed by atoms with Gasteiger partial charge in [0.25, 0.3) is 5.91 Å². The molecule has 1 aromatic carbocycles. The first kappa shape index (κ1) is 17.7. The smallest absolute Gasteiger partial charge is 0.322 e.